The standard InChI is InChI=1S/C9H11ClF3N3/c1-2-16(6-9(11,12)13)5-7-3-15-8(10)4-14-7/h3-4H,2,5-6H2,1H3. The number of aromatic nitrogens is 2. The lowest BCUT2D eigenvalue weighted by molar-refractivity contribution is -0.146. The van der Waals surface area contributed by atoms with Gasteiger partial charge in [-0.15, -0.1) is 0 Å². The minimum Gasteiger partial charge on any atom is -0.289 e. The van der Waals surface area contributed by atoms with Crippen molar-refractivity contribution in [1.82, 2.24) is 14.9 Å². The number of nitrogens with zero attached hydrogens (tertiary/aromatic N) is 3. The fourth-order valence-corrected chi connectivity index (χ4v) is 1.28. The van der Waals surface area contributed by atoms with Crippen molar-refractivity contribution >= 4 is 11.6 Å². The molecule has 0 aliphatic heterocycles. The Bertz CT molecular complexity index is 326. The summed E-state index contributed by atoms with van der Waals surface area (Å²) in [5.41, 5.74) is 0.468. The molecule has 0 saturated carbocycles. The van der Waals surface area contributed by atoms with E-state index in [2.05, 4.69) is 9.97 Å². The van der Waals surface area contributed by atoms with Gasteiger partial charge in [0.15, 0.2) is 0 Å². The van der Waals surface area contributed by atoms with Crippen LogP contribution < -0.4 is 0 Å². The molecule has 0 bridgehead atoms. The van der Waals surface area contributed by atoms with E-state index in [4.69, 9.17) is 11.6 Å². The largest absolute Gasteiger partial charge is 0.401 e. The van der Waals surface area contributed by atoms with E-state index >= 15 is 0 Å². The molecule has 0 aliphatic carbocycles. The summed E-state index contributed by atoms with van der Waals surface area (Å²) in [5.74, 6) is 0. The summed E-state index contributed by atoms with van der Waals surface area (Å²) < 4.78 is 36.5. The number of rotatable bonds is 4. The highest BCUT2D eigenvalue weighted by Crippen LogP contribution is 2.17. The molecule has 1 aromatic heterocycles. The van der Waals surface area contributed by atoms with E-state index in [1.165, 1.54) is 17.3 Å². The second-order valence-corrected chi connectivity index (χ2v) is 3.64. The van der Waals surface area contributed by atoms with Crippen molar-refractivity contribution in [3.05, 3.63) is 23.2 Å². The van der Waals surface area contributed by atoms with Gasteiger partial charge in [0.2, 0.25) is 0 Å². The first-order valence-electron chi connectivity index (χ1n) is 4.66. The number of halogens is 4. The van der Waals surface area contributed by atoms with Crippen LogP contribution in [0.1, 0.15) is 12.6 Å². The molecular formula is C9H11ClF3N3. The minimum atomic E-state index is -4.20. The summed E-state index contributed by atoms with van der Waals surface area (Å²) in [5, 5.41) is 0.225. The average Bonchev–Trinajstić information content (AvgIpc) is 2.18. The van der Waals surface area contributed by atoms with Crippen molar-refractivity contribution < 1.29 is 13.2 Å². The molecule has 0 amide bonds. The SMILES string of the molecule is CCN(Cc1cnc(Cl)cn1)CC(F)(F)F. The van der Waals surface area contributed by atoms with E-state index < -0.39 is 12.7 Å². The Hall–Kier alpha value is -0.880. The Balaban J connectivity index is 2.60. The van der Waals surface area contributed by atoms with Crippen LogP contribution in [-0.4, -0.2) is 34.1 Å². The molecule has 1 rings (SSSR count). The molecule has 0 atom stereocenters. The van der Waals surface area contributed by atoms with Crippen molar-refractivity contribution in [2.75, 3.05) is 13.1 Å². The van der Waals surface area contributed by atoms with Crippen LogP contribution in [0, 0.1) is 0 Å². The first-order valence-corrected chi connectivity index (χ1v) is 5.04. The molecule has 0 aromatic carbocycles. The van der Waals surface area contributed by atoms with Gasteiger partial charge in [-0.1, -0.05) is 18.5 Å². The third-order valence-corrected chi connectivity index (χ3v) is 2.10. The van der Waals surface area contributed by atoms with E-state index in [0.717, 1.165) is 0 Å². The second-order valence-electron chi connectivity index (χ2n) is 3.25. The van der Waals surface area contributed by atoms with Gasteiger partial charge >= 0.3 is 6.18 Å². The van der Waals surface area contributed by atoms with Gasteiger partial charge in [0.1, 0.15) is 5.15 Å². The number of alkyl halides is 3. The monoisotopic (exact) mass is 253 g/mol. The Labute approximate surface area is 96.3 Å². The molecule has 0 unspecified atom stereocenters. The molecule has 90 valence electrons. The maximum atomic E-state index is 12.2. The number of hydrogen-bond donors (Lipinski definition) is 0. The van der Waals surface area contributed by atoms with Crippen LogP contribution in [0.4, 0.5) is 13.2 Å². The summed E-state index contributed by atoms with van der Waals surface area (Å²) in [7, 11) is 0. The van der Waals surface area contributed by atoms with Gasteiger partial charge < -0.3 is 0 Å². The van der Waals surface area contributed by atoms with Crippen molar-refractivity contribution in [2.45, 2.75) is 19.6 Å². The van der Waals surface area contributed by atoms with Crippen LogP contribution in [0.3, 0.4) is 0 Å². The molecule has 1 heterocycles. The van der Waals surface area contributed by atoms with Crippen LogP contribution in [-0.2, 0) is 6.54 Å². The molecule has 7 heteroatoms. The van der Waals surface area contributed by atoms with Gasteiger partial charge in [0, 0.05) is 6.54 Å². The van der Waals surface area contributed by atoms with Crippen molar-refractivity contribution in [1.29, 1.82) is 0 Å². The number of hydrogen-bond acceptors (Lipinski definition) is 3. The molecule has 1 aromatic rings. The lowest BCUT2D eigenvalue weighted by atomic mass is 10.4. The van der Waals surface area contributed by atoms with Crippen molar-refractivity contribution in [3.8, 4) is 0 Å². The highest BCUT2D eigenvalue weighted by Gasteiger charge is 2.30. The van der Waals surface area contributed by atoms with Gasteiger partial charge in [0.05, 0.1) is 24.6 Å². The smallest absolute Gasteiger partial charge is 0.289 e. The third-order valence-electron chi connectivity index (χ3n) is 1.91. The fraction of sp³-hybridized carbons (Fsp3) is 0.556. The predicted octanol–water partition coefficient (Wildman–Crippen LogP) is 2.51. The lowest BCUT2D eigenvalue weighted by Gasteiger charge is -2.21. The molecule has 0 fully saturated rings. The molecule has 0 saturated heterocycles. The van der Waals surface area contributed by atoms with Gasteiger partial charge in [-0.25, -0.2) is 4.98 Å². The highest BCUT2D eigenvalue weighted by molar-refractivity contribution is 6.29. The van der Waals surface area contributed by atoms with Gasteiger partial charge in [-0.05, 0) is 6.54 Å². The summed E-state index contributed by atoms with van der Waals surface area (Å²) >= 11 is 5.52. The zero-order valence-electron chi connectivity index (χ0n) is 8.63. The zero-order chi connectivity index (χ0) is 12.2. The Kier molecular flexibility index (Phi) is 4.49. The first-order chi connectivity index (χ1) is 7.40. The van der Waals surface area contributed by atoms with Crippen LogP contribution in [0.5, 0.6) is 0 Å². The molecule has 0 radical (unpaired) electrons. The first kappa shape index (κ1) is 13.2. The zero-order valence-corrected chi connectivity index (χ0v) is 9.39. The Morgan fingerprint density at radius 1 is 1.31 bits per heavy atom. The molecule has 3 nitrogen and oxygen atoms in total. The summed E-state index contributed by atoms with van der Waals surface area (Å²) in [6.07, 6.45) is -1.50. The van der Waals surface area contributed by atoms with Crippen LogP contribution in [0.15, 0.2) is 12.4 Å². The maximum Gasteiger partial charge on any atom is 0.401 e. The van der Waals surface area contributed by atoms with Crippen LogP contribution >= 0.6 is 11.6 Å². The van der Waals surface area contributed by atoms with E-state index in [0.29, 0.717) is 12.2 Å². The van der Waals surface area contributed by atoms with Gasteiger partial charge in [-0.3, -0.25) is 9.88 Å². The summed E-state index contributed by atoms with van der Waals surface area (Å²) in [6, 6.07) is 0. The van der Waals surface area contributed by atoms with Gasteiger partial charge in [0.25, 0.3) is 0 Å². The maximum absolute atomic E-state index is 12.2. The van der Waals surface area contributed by atoms with Crippen LogP contribution in [0.25, 0.3) is 0 Å². The van der Waals surface area contributed by atoms with E-state index in [9.17, 15) is 13.2 Å². The van der Waals surface area contributed by atoms with E-state index in [1.807, 2.05) is 0 Å². The quantitative estimate of drug-likeness (QED) is 0.826. The predicted molar refractivity (Wildman–Crippen MR) is 54.0 cm³/mol. The van der Waals surface area contributed by atoms with E-state index in [1.54, 1.807) is 6.92 Å². The van der Waals surface area contributed by atoms with Crippen molar-refractivity contribution in [2.24, 2.45) is 0 Å². The molecule has 0 aliphatic rings. The van der Waals surface area contributed by atoms with Crippen LogP contribution in [0.2, 0.25) is 5.15 Å². The summed E-state index contributed by atoms with van der Waals surface area (Å²) in [6.45, 7) is 1.12. The Morgan fingerprint density at radius 3 is 2.44 bits per heavy atom. The third kappa shape index (κ3) is 4.76. The minimum absolute atomic E-state index is 0.111. The normalized spacial score (nSPS) is 12.1. The summed E-state index contributed by atoms with van der Waals surface area (Å²) in [4.78, 5) is 8.88. The molecular weight excluding hydrogens is 243 g/mol. The average molecular weight is 254 g/mol. The fourth-order valence-electron chi connectivity index (χ4n) is 1.18. The van der Waals surface area contributed by atoms with Crippen molar-refractivity contribution in [3.63, 3.8) is 0 Å². The second kappa shape index (κ2) is 5.45. The van der Waals surface area contributed by atoms with Gasteiger partial charge in [-0.2, -0.15) is 13.2 Å². The molecule has 0 spiro atoms. The lowest BCUT2D eigenvalue weighted by Crippen LogP contribution is -2.33. The molecule has 0 N–H and O–H groups in total. The topological polar surface area (TPSA) is 29.0 Å². The van der Waals surface area contributed by atoms with E-state index in [-0.39, 0.29) is 11.7 Å². The highest BCUT2D eigenvalue weighted by atomic mass is 35.5. The molecule has 16 heavy (non-hydrogen) atoms. The Morgan fingerprint density at radius 2 is 2.00 bits per heavy atom.